The van der Waals surface area contributed by atoms with Crippen molar-refractivity contribution in [2.75, 3.05) is 13.2 Å². The molecule has 2 unspecified atom stereocenters. The number of rotatable bonds is 2. The summed E-state index contributed by atoms with van der Waals surface area (Å²) in [5, 5.41) is 2.95. The molecule has 17 heavy (non-hydrogen) atoms. The highest BCUT2D eigenvalue weighted by Gasteiger charge is 2.30. The van der Waals surface area contributed by atoms with Crippen molar-refractivity contribution in [1.82, 2.24) is 5.32 Å². The van der Waals surface area contributed by atoms with Crippen molar-refractivity contribution in [2.45, 2.75) is 25.2 Å². The molecule has 0 aliphatic carbocycles. The molecule has 1 aromatic carbocycles. The third kappa shape index (κ3) is 2.02. The average molecular weight is 231 g/mol. The zero-order valence-corrected chi connectivity index (χ0v) is 9.82. The summed E-state index contributed by atoms with van der Waals surface area (Å²) in [5.74, 6) is 1.78. The van der Waals surface area contributed by atoms with Crippen molar-refractivity contribution in [3.05, 3.63) is 29.8 Å². The van der Waals surface area contributed by atoms with Crippen LogP contribution < -0.4 is 10.1 Å². The van der Waals surface area contributed by atoms with E-state index in [4.69, 9.17) is 4.74 Å². The lowest BCUT2D eigenvalue weighted by Crippen LogP contribution is -2.37. The first-order chi connectivity index (χ1) is 8.34. The molecule has 2 atom stereocenters. The Morgan fingerprint density at radius 3 is 3.06 bits per heavy atom. The molecular formula is C14H17NO2. The summed E-state index contributed by atoms with van der Waals surface area (Å²) in [6, 6.07) is 8.17. The van der Waals surface area contributed by atoms with Crippen molar-refractivity contribution in [3.63, 3.8) is 0 Å². The van der Waals surface area contributed by atoms with E-state index in [1.807, 2.05) is 18.2 Å². The number of fused-ring (bicyclic) bond motifs is 1. The van der Waals surface area contributed by atoms with Gasteiger partial charge in [0.2, 0.25) is 5.91 Å². The summed E-state index contributed by atoms with van der Waals surface area (Å²) in [6.07, 6.45) is 3.04. The molecule has 3 heteroatoms. The minimum atomic E-state index is 0.170. The summed E-state index contributed by atoms with van der Waals surface area (Å²) in [7, 11) is 0. The third-order valence-electron chi connectivity index (χ3n) is 3.77. The Balaban J connectivity index is 1.72. The number of amides is 1. The van der Waals surface area contributed by atoms with Gasteiger partial charge in [0.25, 0.3) is 0 Å². The Kier molecular flexibility index (Phi) is 2.75. The minimum Gasteiger partial charge on any atom is -0.493 e. The fourth-order valence-corrected chi connectivity index (χ4v) is 2.83. The largest absolute Gasteiger partial charge is 0.493 e. The van der Waals surface area contributed by atoms with E-state index in [9.17, 15) is 4.79 Å². The van der Waals surface area contributed by atoms with Crippen LogP contribution in [-0.4, -0.2) is 19.1 Å². The summed E-state index contributed by atoms with van der Waals surface area (Å²) in [4.78, 5) is 11.7. The van der Waals surface area contributed by atoms with Gasteiger partial charge >= 0.3 is 0 Å². The van der Waals surface area contributed by atoms with Gasteiger partial charge in [-0.15, -0.1) is 0 Å². The Morgan fingerprint density at radius 2 is 2.18 bits per heavy atom. The van der Waals surface area contributed by atoms with Crippen LogP contribution in [0, 0.1) is 5.92 Å². The number of ether oxygens (including phenoxy) is 1. The minimum absolute atomic E-state index is 0.170. The van der Waals surface area contributed by atoms with Crippen molar-refractivity contribution in [3.8, 4) is 5.75 Å². The van der Waals surface area contributed by atoms with Crippen molar-refractivity contribution >= 4 is 5.91 Å². The van der Waals surface area contributed by atoms with E-state index in [-0.39, 0.29) is 11.8 Å². The number of carbonyl (C=O) groups is 1. The van der Waals surface area contributed by atoms with Gasteiger partial charge in [0.15, 0.2) is 0 Å². The molecule has 0 bridgehead atoms. The van der Waals surface area contributed by atoms with E-state index in [0.717, 1.165) is 38.2 Å². The van der Waals surface area contributed by atoms with Crippen LogP contribution in [0.25, 0.3) is 0 Å². The SMILES string of the molecule is O=C1NCCCC1CC1COc2ccccc21. The van der Waals surface area contributed by atoms with Gasteiger partial charge in [0, 0.05) is 23.9 Å². The predicted molar refractivity (Wildman–Crippen MR) is 65.0 cm³/mol. The molecule has 0 radical (unpaired) electrons. The summed E-state index contributed by atoms with van der Waals surface area (Å²) in [5.41, 5.74) is 1.27. The molecule has 1 aromatic rings. The molecule has 3 rings (SSSR count). The van der Waals surface area contributed by atoms with Crippen LogP contribution in [0.4, 0.5) is 0 Å². The van der Waals surface area contributed by atoms with Crippen molar-refractivity contribution in [1.29, 1.82) is 0 Å². The lowest BCUT2D eigenvalue weighted by atomic mass is 9.86. The molecule has 90 valence electrons. The Bertz CT molecular complexity index is 430. The van der Waals surface area contributed by atoms with Gasteiger partial charge in [-0.3, -0.25) is 4.79 Å². The average Bonchev–Trinajstić information content (AvgIpc) is 2.76. The summed E-state index contributed by atoms with van der Waals surface area (Å²) < 4.78 is 5.66. The standard InChI is InChI=1S/C14H17NO2/c16-14-10(4-3-7-15-14)8-11-9-17-13-6-2-1-5-12(11)13/h1-2,5-6,10-11H,3-4,7-9H2,(H,15,16). The van der Waals surface area contributed by atoms with Gasteiger partial charge in [-0.2, -0.15) is 0 Å². The highest BCUT2D eigenvalue weighted by molar-refractivity contribution is 5.79. The Morgan fingerprint density at radius 1 is 1.29 bits per heavy atom. The van der Waals surface area contributed by atoms with Crippen LogP contribution >= 0.6 is 0 Å². The quantitative estimate of drug-likeness (QED) is 0.846. The maximum Gasteiger partial charge on any atom is 0.223 e. The van der Waals surface area contributed by atoms with E-state index in [0.29, 0.717) is 5.92 Å². The van der Waals surface area contributed by atoms with Crippen LogP contribution in [0.1, 0.15) is 30.7 Å². The van der Waals surface area contributed by atoms with Crippen LogP contribution in [0.3, 0.4) is 0 Å². The molecule has 3 nitrogen and oxygen atoms in total. The third-order valence-corrected chi connectivity index (χ3v) is 3.77. The molecule has 1 fully saturated rings. The maximum atomic E-state index is 11.7. The number of piperidine rings is 1. The zero-order chi connectivity index (χ0) is 11.7. The number of hydrogen-bond acceptors (Lipinski definition) is 2. The monoisotopic (exact) mass is 231 g/mol. The van der Waals surface area contributed by atoms with Crippen molar-refractivity contribution in [2.24, 2.45) is 5.92 Å². The number of carbonyl (C=O) groups excluding carboxylic acids is 1. The highest BCUT2D eigenvalue weighted by Crippen LogP contribution is 2.38. The van der Waals surface area contributed by atoms with Crippen LogP contribution in [0.15, 0.2) is 24.3 Å². The molecule has 2 aliphatic heterocycles. The van der Waals surface area contributed by atoms with E-state index in [1.54, 1.807) is 0 Å². The molecular weight excluding hydrogens is 214 g/mol. The predicted octanol–water partition coefficient (Wildman–Crippen LogP) is 2.08. The van der Waals surface area contributed by atoms with Crippen molar-refractivity contribution < 1.29 is 9.53 Å². The van der Waals surface area contributed by atoms with Crippen LogP contribution in [0.5, 0.6) is 5.75 Å². The van der Waals surface area contributed by atoms with Gasteiger partial charge in [0.1, 0.15) is 5.75 Å². The second-order valence-electron chi connectivity index (χ2n) is 4.91. The molecule has 1 N–H and O–H groups in total. The Labute approximate surface area is 101 Å². The zero-order valence-electron chi connectivity index (χ0n) is 9.82. The lowest BCUT2D eigenvalue weighted by Gasteiger charge is -2.23. The van der Waals surface area contributed by atoms with Crippen LogP contribution in [0.2, 0.25) is 0 Å². The number of para-hydroxylation sites is 1. The van der Waals surface area contributed by atoms with E-state index < -0.39 is 0 Å². The van der Waals surface area contributed by atoms with E-state index >= 15 is 0 Å². The normalized spacial score (nSPS) is 27.2. The smallest absolute Gasteiger partial charge is 0.223 e. The first kappa shape index (κ1) is 10.6. The van der Waals surface area contributed by atoms with Gasteiger partial charge < -0.3 is 10.1 Å². The van der Waals surface area contributed by atoms with Gasteiger partial charge in [-0.1, -0.05) is 18.2 Å². The van der Waals surface area contributed by atoms with E-state index in [1.165, 1.54) is 5.56 Å². The fourth-order valence-electron chi connectivity index (χ4n) is 2.83. The van der Waals surface area contributed by atoms with Crippen LogP contribution in [-0.2, 0) is 4.79 Å². The number of benzene rings is 1. The molecule has 2 aliphatic rings. The van der Waals surface area contributed by atoms with E-state index in [2.05, 4.69) is 11.4 Å². The first-order valence-corrected chi connectivity index (χ1v) is 6.34. The molecule has 0 saturated carbocycles. The molecule has 0 aromatic heterocycles. The number of nitrogens with one attached hydrogen (secondary N) is 1. The first-order valence-electron chi connectivity index (χ1n) is 6.34. The number of hydrogen-bond donors (Lipinski definition) is 1. The molecule has 1 amide bonds. The second kappa shape index (κ2) is 4.40. The topological polar surface area (TPSA) is 38.3 Å². The second-order valence-corrected chi connectivity index (χ2v) is 4.91. The Hall–Kier alpha value is -1.51. The molecule has 2 heterocycles. The van der Waals surface area contributed by atoms with Gasteiger partial charge in [0.05, 0.1) is 6.61 Å². The maximum absolute atomic E-state index is 11.7. The summed E-state index contributed by atoms with van der Waals surface area (Å²) in [6.45, 7) is 1.57. The molecule has 1 saturated heterocycles. The molecule has 0 spiro atoms. The van der Waals surface area contributed by atoms with Gasteiger partial charge in [-0.25, -0.2) is 0 Å². The lowest BCUT2D eigenvalue weighted by molar-refractivity contribution is -0.127. The van der Waals surface area contributed by atoms with Gasteiger partial charge in [-0.05, 0) is 25.3 Å². The highest BCUT2D eigenvalue weighted by atomic mass is 16.5. The fraction of sp³-hybridized carbons (Fsp3) is 0.500. The summed E-state index contributed by atoms with van der Waals surface area (Å²) >= 11 is 0.